The van der Waals surface area contributed by atoms with Crippen molar-refractivity contribution in [2.45, 2.75) is 42.4 Å². The summed E-state index contributed by atoms with van der Waals surface area (Å²) < 4.78 is 33.9. The molecule has 0 spiro atoms. The van der Waals surface area contributed by atoms with Gasteiger partial charge in [-0.15, -0.1) is 0 Å². The van der Waals surface area contributed by atoms with Gasteiger partial charge >= 0.3 is 0 Å². The summed E-state index contributed by atoms with van der Waals surface area (Å²) in [6, 6.07) is 7.28. The Morgan fingerprint density at radius 3 is 2.50 bits per heavy atom. The molecule has 0 unspecified atom stereocenters. The average Bonchev–Trinajstić information content (AvgIpc) is 3.56. The molecule has 2 aromatic rings. The van der Waals surface area contributed by atoms with Crippen LogP contribution in [-0.4, -0.2) is 104 Å². The van der Waals surface area contributed by atoms with Crippen molar-refractivity contribution in [3.8, 4) is 11.3 Å². The van der Waals surface area contributed by atoms with Crippen LogP contribution in [-0.2, 0) is 20.3 Å². The first-order chi connectivity index (χ1) is 17.5. The minimum Gasteiger partial charge on any atom is -0.378 e. The summed E-state index contributed by atoms with van der Waals surface area (Å²) in [5.41, 5.74) is 2.32. The molecule has 6 rings (SSSR count). The Morgan fingerprint density at radius 2 is 1.69 bits per heavy atom. The zero-order valence-electron chi connectivity index (χ0n) is 20.8. The van der Waals surface area contributed by atoms with Gasteiger partial charge in [0, 0.05) is 43.9 Å². The fourth-order valence-corrected chi connectivity index (χ4v) is 7.76. The lowest BCUT2D eigenvalue weighted by molar-refractivity contribution is 0.0297. The van der Waals surface area contributed by atoms with Gasteiger partial charge in [-0.2, -0.15) is 5.10 Å². The van der Waals surface area contributed by atoms with Gasteiger partial charge in [-0.3, -0.25) is 14.4 Å². The van der Waals surface area contributed by atoms with Crippen molar-refractivity contribution < 1.29 is 17.9 Å². The second kappa shape index (κ2) is 9.89. The third kappa shape index (κ3) is 4.49. The number of sulfone groups is 1. The lowest BCUT2D eigenvalue weighted by Crippen LogP contribution is -2.42. The van der Waals surface area contributed by atoms with E-state index in [1.54, 1.807) is 17.0 Å². The summed E-state index contributed by atoms with van der Waals surface area (Å²) >= 11 is 0. The van der Waals surface area contributed by atoms with Gasteiger partial charge in [0.05, 0.1) is 35.6 Å². The van der Waals surface area contributed by atoms with Crippen molar-refractivity contribution in [3.05, 3.63) is 35.5 Å². The predicted molar refractivity (Wildman–Crippen MR) is 136 cm³/mol. The van der Waals surface area contributed by atoms with Crippen molar-refractivity contribution in [1.29, 1.82) is 0 Å². The molecule has 36 heavy (non-hydrogen) atoms. The highest BCUT2D eigenvalue weighted by Gasteiger charge is 2.39. The number of piperidine rings is 1. The van der Waals surface area contributed by atoms with Crippen LogP contribution in [0.1, 0.15) is 47.8 Å². The van der Waals surface area contributed by atoms with Crippen molar-refractivity contribution in [2.75, 3.05) is 65.6 Å². The number of rotatable bonds is 5. The monoisotopic (exact) mass is 513 g/mol. The highest BCUT2D eigenvalue weighted by Crippen LogP contribution is 2.41. The highest BCUT2D eigenvalue weighted by atomic mass is 32.2. The third-order valence-electron chi connectivity index (χ3n) is 8.08. The summed E-state index contributed by atoms with van der Waals surface area (Å²) in [6.45, 7) is 8.42. The largest absolute Gasteiger partial charge is 0.378 e. The van der Waals surface area contributed by atoms with E-state index in [4.69, 9.17) is 9.84 Å². The van der Waals surface area contributed by atoms with Crippen molar-refractivity contribution in [1.82, 2.24) is 24.5 Å². The molecular formula is C26H35N5O4S. The van der Waals surface area contributed by atoms with Gasteiger partial charge in [-0.1, -0.05) is 18.2 Å². The normalized spacial score (nSPS) is 24.4. The summed E-state index contributed by atoms with van der Waals surface area (Å²) in [5, 5.41) is 4.91. The van der Waals surface area contributed by atoms with Crippen LogP contribution in [0.25, 0.3) is 11.3 Å². The van der Waals surface area contributed by atoms with Gasteiger partial charge in [-0.05, 0) is 51.4 Å². The number of amides is 1. The maximum atomic E-state index is 13.6. The summed E-state index contributed by atoms with van der Waals surface area (Å²) in [6.07, 6.45) is 4.62. The van der Waals surface area contributed by atoms with E-state index in [-0.39, 0.29) is 17.7 Å². The Balaban J connectivity index is 1.36. The van der Waals surface area contributed by atoms with E-state index in [1.807, 2.05) is 16.8 Å². The number of hydrogen-bond acceptors (Lipinski definition) is 7. The lowest BCUT2D eigenvalue weighted by Gasteiger charge is -2.35. The SMILES string of the molecule is O=C(c1nn([C@H]2CCCN(CCN3CCCC3)C2)c2c1CS(=O)(=O)c1ccccc1-2)N1CCOCC1. The number of nitrogens with zero attached hydrogens (tertiary/aromatic N) is 5. The smallest absolute Gasteiger partial charge is 0.274 e. The molecule has 3 fully saturated rings. The molecule has 0 radical (unpaired) electrons. The number of carbonyl (C=O) groups excluding carboxylic acids is 1. The first-order valence-electron chi connectivity index (χ1n) is 13.3. The fraction of sp³-hybridized carbons (Fsp3) is 0.615. The molecule has 1 amide bonds. The number of hydrogen-bond donors (Lipinski definition) is 0. The van der Waals surface area contributed by atoms with Gasteiger partial charge in [0.1, 0.15) is 0 Å². The summed E-state index contributed by atoms with van der Waals surface area (Å²) in [5.74, 6) is -0.375. The molecule has 0 N–H and O–H groups in total. The first kappa shape index (κ1) is 24.1. The zero-order chi connectivity index (χ0) is 24.7. The Hall–Kier alpha value is -2.27. The van der Waals surface area contributed by atoms with E-state index < -0.39 is 9.84 Å². The standard InChI is InChI=1S/C26H35N5O4S/c32-26(30-14-16-35-17-15-30)24-22-19-36(33,34)23-8-2-1-7-21(23)25(22)31(27-24)20-6-5-11-29(18-20)13-12-28-9-3-4-10-28/h1-2,7-8,20H,3-6,9-19H2/t20-/m0/s1. The van der Waals surface area contributed by atoms with Crippen molar-refractivity contribution >= 4 is 15.7 Å². The van der Waals surface area contributed by atoms with E-state index in [2.05, 4.69) is 9.80 Å². The molecular weight excluding hydrogens is 478 g/mol. The second-order valence-corrected chi connectivity index (χ2v) is 12.4. The molecule has 0 aliphatic carbocycles. The van der Waals surface area contributed by atoms with E-state index in [1.165, 1.54) is 25.9 Å². The maximum absolute atomic E-state index is 13.6. The van der Waals surface area contributed by atoms with Crippen LogP contribution in [0.3, 0.4) is 0 Å². The minimum absolute atomic E-state index is 0.103. The Morgan fingerprint density at radius 1 is 0.972 bits per heavy atom. The zero-order valence-corrected chi connectivity index (χ0v) is 21.6. The molecule has 0 bridgehead atoms. The van der Waals surface area contributed by atoms with Crippen LogP contribution < -0.4 is 0 Å². The molecule has 1 aromatic carbocycles. The van der Waals surface area contributed by atoms with Gasteiger partial charge in [0.25, 0.3) is 5.91 Å². The number of likely N-dealkylation sites (tertiary alicyclic amines) is 2. The van der Waals surface area contributed by atoms with Crippen molar-refractivity contribution in [2.24, 2.45) is 0 Å². The van der Waals surface area contributed by atoms with E-state index >= 15 is 0 Å². The van der Waals surface area contributed by atoms with E-state index in [9.17, 15) is 13.2 Å². The molecule has 10 heteroatoms. The Kier molecular flexibility index (Phi) is 6.62. The minimum atomic E-state index is -3.55. The molecule has 0 saturated carbocycles. The predicted octanol–water partition coefficient (Wildman–Crippen LogP) is 2.04. The lowest BCUT2D eigenvalue weighted by atomic mass is 10.0. The van der Waals surface area contributed by atoms with Crippen LogP contribution in [0.4, 0.5) is 0 Å². The number of aromatic nitrogens is 2. The van der Waals surface area contributed by atoms with E-state index in [0.29, 0.717) is 48.0 Å². The van der Waals surface area contributed by atoms with Gasteiger partial charge in [0.2, 0.25) is 0 Å². The molecule has 5 heterocycles. The van der Waals surface area contributed by atoms with Crippen LogP contribution >= 0.6 is 0 Å². The van der Waals surface area contributed by atoms with Crippen LogP contribution in [0.15, 0.2) is 29.2 Å². The topological polar surface area (TPSA) is 88.0 Å². The number of benzene rings is 1. The van der Waals surface area contributed by atoms with E-state index in [0.717, 1.165) is 44.7 Å². The van der Waals surface area contributed by atoms with Gasteiger partial charge in [0.15, 0.2) is 15.5 Å². The molecule has 9 nitrogen and oxygen atoms in total. The average molecular weight is 514 g/mol. The molecule has 1 aromatic heterocycles. The second-order valence-electron chi connectivity index (χ2n) is 10.4. The van der Waals surface area contributed by atoms with Gasteiger partial charge in [-0.25, -0.2) is 8.42 Å². The Labute approximate surface area is 212 Å². The highest BCUT2D eigenvalue weighted by molar-refractivity contribution is 7.90. The maximum Gasteiger partial charge on any atom is 0.274 e. The molecule has 1 atom stereocenters. The number of carbonyl (C=O) groups is 1. The van der Waals surface area contributed by atoms with Gasteiger partial charge < -0.3 is 14.5 Å². The fourth-order valence-electron chi connectivity index (χ4n) is 6.17. The Bertz CT molecular complexity index is 1230. The number of fused-ring (bicyclic) bond motifs is 3. The quantitative estimate of drug-likeness (QED) is 0.605. The van der Waals surface area contributed by atoms with Crippen molar-refractivity contribution in [3.63, 3.8) is 0 Å². The summed E-state index contributed by atoms with van der Waals surface area (Å²) in [4.78, 5) is 20.7. The van der Waals surface area contributed by atoms with Crippen LogP contribution in [0.5, 0.6) is 0 Å². The molecule has 4 aliphatic heterocycles. The third-order valence-corrected chi connectivity index (χ3v) is 9.77. The molecule has 194 valence electrons. The first-order valence-corrected chi connectivity index (χ1v) is 14.9. The number of morpholine rings is 1. The van der Waals surface area contributed by atoms with Crippen LogP contribution in [0.2, 0.25) is 0 Å². The summed E-state index contributed by atoms with van der Waals surface area (Å²) in [7, 11) is -3.55. The molecule has 4 aliphatic rings. The molecule has 3 saturated heterocycles. The number of ether oxygens (including phenoxy) is 1. The van der Waals surface area contributed by atoms with Crippen LogP contribution in [0, 0.1) is 0 Å².